The number of rotatable bonds is 3. The molecule has 0 saturated heterocycles. The first-order valence-electron chi connectivity index (χ1n) is 3.20. The van der Waals surface area contributed by atoms with E-state index in [1.54, 1.807) is 0 Å². The minimum atomic E-state index is -4.48. The van der Waals surface area contributed by atoms with Crippen LogP contribution in [0.15, 0.2) is 0 Å². The van der Waals surface area contributed by atoms with E-state index in [0.717, 1.165) is 4.90 Å². The maximum Gasteiger partial charge on any atom is 0.404 e. The van der Waals surface area contributed by atoms with Gasteiger partial charge in [-0.3, -0.25) is 9.69 Å². The number of carbonyl (C=O) groups is 1. The summed E-state index contributed by atoms with van der Waals surface area (Å²) in [5, 5.41) is 8.17. The van der Waals surface area contributed by atoms with Crippen molar-refractivity contribution >= 4 is 5.97 Å². The van der Waals surface area contributed by atoms with Gasteiger partial charge in [0.1, 0.15) is 6.04 Å². The van der Waals surface area contributed by atoms with Gasteiger partial charge in [-0.25, -0.2) is 0 Å². The number of halogens is 3. The molecule has 0 aliphatic heterocycles. The van der Waals surface area contributed by atoms with E-state index in [0.29, 0.717) is 0 Å². The highest BCUT2D eigenvalue weighted by Crippen LogP contribution is 2.25. The standard InChI is InChI=1S/C6H10F3NO2/c1-10(2)4(3-5(11)12)6(7,8)9/h4H,3H2,1-2H3,(H,11,12)/t4-/m0/s1. The lowest BCUT2D eigenvalue weighted by Gasteiger charge is -2.24. The highest BCUT2D eigenvalue weighted by molar-refractivity contribution is 5.67. The van der Waals surface area contributed by atoms with Gasteiger partial charge in [-0.05, 0) is 14.1 Å². The second-order valence-electron chi connectivity index (χ2n) is 2.62. The third kappa shape index (κ3) is 3.56. The van der Waals surface area contributed by atoms with Gasteiger partial charge in [0.05, 0.1) is 6.42 Å². The average Bonchev–Trinajstić information content (AvgIpc) is 1.79. The van der Waals surface area contributed by atoms with Crippen LogP contribution in [0, 0.1) is 0 Å². The summed E-state index contributed by atoms with van der Waals surface area (Å²) in [7, 11) is 2.39. The summed E-state index contributed by atoms with van der Waals surface area (Å²) >= 11 is 0. The molecule has 0 heterocycles. The van der Waals surface area contributed by atoms with Crippen molar-refractivity contribution in [3.63, 3.8) is 0 Å². The number of hydrogen-bond acceptors (Lipinski definition) is 2. The monoisotopic (exact) mass is 185 g/mol. The Hall–Kier alpha value is -0.780. The highest BCUT2D eigenvalue weighted by atomic mass is 19.4. The quantitative estimate of drug-likeness (QED) is 0.711. The van der Waals surface area contributed by atoms with Crippen LogP contribution in [0.1, 0.15) is 6.42 Å². The first kappa shape index (κ1) is 11.2. The minimum absolute atomic E-state index is 0.841. The van der Waals surface area contributed by atoms with Crippen molar-refractivity contribution in [1.29, 1.82) is 0 Å². The van der Waals surface area contributed by atoms with E-state index in [1.807, 2.05) is 0 Å². The fraction of sp³-hybridized carbons (Fsp3) is 0.833. The zero-order chi connectivity index (χ0) is 9.94. The Labute approximate surface area is 67.8 Å². The van der Waals surface area contributed by atoms with Crippen LogP contribution in [0.25, 0.3) is 0 Å². The largest absolute Gasteiger partial charge is 0.481 e. The van der Waals surface area contributed by atoms with Gasteiger partial charge >= 0.3 is 12.1 Å². The fourth-order valence-corrected chi connectivity index (χ4v) is 0.756. The summed E-state index contributed by atoms with van der Waals surface area (Å²) < 4.78 is 36.1. The van der Waals surface area contributed by atoms with Crippen molar-refractivity contribution in [2.24, 2.45) is 0 Å². The molecular formula is C6H10F3NO2. The summed E-state index contributed by atoms with van der Waals surface area (Å²) in [6.07, 6.45) is -5.40. The SMILES string of the molecule is CN(C)[C@@H](CC(=O)O)C(F)(F)F. The van der Waals surface area contributed by atoms with E-state index in [9.17, 15) is 18.0 Å². The maximum absolute atomic E-state index is 12.0. The summed E-state index contributed by atoms with van der Waals surface area (Å²) in [4.78, 5) is 10.9. The van der Waals surface area contributed by atoms with Crippen LogP contribution in [0.2, 0.25) is 0 Å². The van der Waals surface area contributed by atoms with Crippen molar-refractivity contribution < 1.29 is 23.1 Å². The molecule has 0 aromatic carbocycles. The molecule has 0 aromatic rings. The third-order valence-corrected chi connectivity index (χ3v) is 1.37. The lowest BCUT2D eigenvalue weighted by Crippen LogP contribution is -2.42. The van der Waals surface area contributed by atoms with Crippen LogP contribution in [0.4, 0.5) is 13.2 Å². The average molecular weight is 185 g/mol. The second-order valence-corrected chi connectivity index (χ2v) is 2.62. The number of carboxylic acid groups (broad SMARTS) is 1. The summed E-state index contributed by atoms with van der Waals surface area (Å²) in [5.74, 6) is -1.45. The van der Waals surface area contributed by atoms with Crippen LogP contribution in [0.5, 0.6) is 0 Å². The molecule has 12 heavy (non-hydrogen) atoms. The normalized spacial score (nSPS) is 14.8. The Morgan fingerprint density at radius 2 is 1.92 bits per heavy atom. The van der Waals surface area contributed by atoms with Crippen molar-refractivity contribution in [1.82, 2.24) is 4.90 Å². The van der Waals surface area contributed by atoms with E-state index in [2.05, 4.69) is 0 Å². The first-order valence-corrected chi connectivity index (χ1v) is 3.20. The predicted octanol–water partition coefficient (Wildman–Crippen LogP) is 0.954. The Kier molecular flexibility index (Phi) is 3.51. The number of carboxylic acids is 1. The van der Waals surface area contributed by atoms with Gasteiger partial charge in [0.25, 0.3) is 0 Å². The fourth-order valence-electron chi connectivity index (χ4n) is 0.756. The molecule has 0 rings (SSSR count). The number of aliphatic carboxylic acids is 1. The smallest absolute Gasteiger partial charge is 0.404 e. The Bertz CT molecular complexity index is 167. The number of nitrogens with zero attached hydrogens (tertiary/aromatic N) is 1. The van der Waals surface area contributed by atoms with Gasteiger partial charge in [-0.1, -0.05) is 0 Å². The molecule has 0 amide bonds. The molecule has 0 unspecified atom stereocenters. The Morgan fingerprint density at radius 1 is 1.50 bits per heavy atom. The van der Waals surface area contributed by atoms with Gasteiger partial charge in [-0.15, -0.1) is 0 Å². The molecule has 3 nitrogen and oxygen atoms in total. The molecule has 72 valence electrons. The Balaban J connectivity index is 4.35. The van der Waals surface area contributed by atoms with Gasteiger partial charge in [0, 0.05) is 0 Å². The zero-order valence-corrected chi connectivity index (χ0v) is 6.72. The molecule has 0 saturated carbocycles. The molecule has 0 aliphatic carbocycles. The molecule has 0 fully saturated rings. The van der Waals surface area contributed by atoms with Crippen LogP contribution in [0.3, 0.4) is 0 Å². The van der Waals surface area contributed by atoms with E-state index in [1.165, 1.54) is 14.1 Å². The molecular weight excluding hydrogens is 175 g/mol. The van der Waals surface area contributed by atoms with Crippen LogP contribution in [-0.2, 0) is 4.79 Å². The number of alkyl halides is 3. The van der Waals surface area contributed by atoms with Gasteiger partial charge in [-0.2, -0.15) is 13.2 Å². The minimum Gasteiger partial charge on any atom is -0.481 e. The van der Waals surface area contributed by atoms with Crippen molar-refractivity contribution in [3.05, 3.63) is 0 Å². The van der Waals surface area contributed by atoms with Crippen molar-refractivity contribution in [2.45, 2.75) is 18.6 Å². The van der Waals surface area contributed by atoms with E-state index < -0.39 is 24.6 Å². The summed E-state index contributed by atoms with van der Waals surface area (Å²) in [5.41, 5.74) is 0. The van der Waals surface area contributed by atoms with E-state index in [4.69, 9.17) is 5.11 Å². The zero-order valence-electron chi connectivity index (χ0n) is 6.72. The highest BCUT2D eigenvalue weighted by Gasteiger charge is 2.42. The first-order chi connectivity index (χ1) is 5.25. The lowest BCUT2D eigenvalue weighted by atomic mass is 10.2. The molecule has 0 bridgehead atoms. The topological polar surface area (TPSA) is 40.5 Å². The summed E-state index contributed by atoms with van der Waals surface area (Å²) in [6, 6.07) is -1.91. The van der Waals surface area contributed by atoms with Crippen LogP contribution < -0.4 is 0 Å². The molecule has 0 aromatic heterocycles. The van der Waals surface area contributed by atoms with Gasteiger partial charge in [0.2, 0.25) is 0 Å². The number of hydrogen-bond donors (Lipinski definition) is 1. The summed E-state index contributed by atoms with van der Waals surface area (Å²) in [6.45, 7) is 0. The van der Waals surface area contributed by atoms with Crippen LogP contribution >= 0.6 is 0 Å². The lowest BCUT2D eigenvalue weighted by molar-refractivity contribution is -0.184. The van der Waals surface area contributed by atoms with Gasteiger partial charge < -0.3 is 5.11 Å². The Morgan fingerprint density at radius 3 is 2.00 bits per heavy atom. The molecule has 0 spiro atoms. The van der Waals surface area contributed by atoms with E-state index in [-0.39, 0.29) is 0 Å². The van der Waals surface area contributed by atoms with Crippen molar-refractivity contribution in [2.75, 3.05) is 14.1 Å². The van der Waals surface area contributed by atoms with Crippen LogP contribution in [-0.4, -0.2) is 42.3 Å². The van der Waals surface area contributed by atoms with E-state index >= 15 is 0 Å². The molecule has 1 atom stereocenters. The molecule has 6 heteroatoms. The molecule has 0 radical (unpaired) electrons. The maximum atomic E-state index is 12.0. The molecule has 1 N–H and O–H groups in total. The third-order valence-electron chi connectivity index (χ3n) is 1.37. The molecule has 0 aliphatic rings. The second kappa shape index (κ2) is 3.75. The van der Waals surface area contributed by atoms with Gasteiger partial charge in [0.15, 0.2) is 0 Å². The van der Waals surface area contributed by atoms with Crippen molar-refractivity contribution in [3.8, 4) is 0 Å². The predicted molar refractivity (Wildman–Crippen MR) is 35.8 cm³/mol.